The number of amides is 2. The zero-order valence-electron chi connectivity index (χ0n) is 21.5. The summed E-state index contributed by atoms with van der Waals surface area (Å²) in [4.78, 5) is 27.9. The number of sulfonamides is 1. The first kappa shape index (κ1) is 28.4. The molecule has 0 heterocycles. The molecule has 2 aromatic carbocycles. The molecule has 0 bridgehead atoms. The Hall–Kier alpha value is -2.87. The Kier molecular flexibility index (Phi) is 10.8. The molecule has 0 aromatic heterocycles. The van der Waals surface area contributed by atoms with E-state index in [4.69, 9.17) is 0 Å². The van der Waals surface area contributed by atoms with Crippen LogP contribution in [0.1, 0.15) is 58.1 Å². The molecule has 0 spiro atoms. The second-order valence-corrected chi connectivity index (χ2v) is 11.0. The minimum Gasteiger partial charge on any atom is -0.352 e. The normalized spacial score (nSPS) is 12.3. The van der Waals surface area contributed by atoms with Crippen molar-refractivity contribution in [1.82, 2.24) is 10.2 Å². The molecule has 2 amide bonds. The van der Waals surface area contributed by atoms with Crippen molar-refractivity contribution in [3.63, 3.8) is 0 Å². The molecule has 0 fully saturated rings. The third-order valence-corrected chi connectivity index (χ3v) is 6.99. The van der Waals surface area contributed by atoms with E-state index in [0.29, 0.717) is 25.1 Å². The number of nitrogens with one attached hydrogen (secondary N) is 1. The van der Waals surface area contributed by atoms with E-state index in [9.17, 15) is 18.0 Å². The molecule has 2 aromatic rings. The summed E-state index contributed by atoms with van der Waals surface area (Å²) in [6.07, 6.45) is 3.00. The van der Waals surface area contributed by atoms with Crippen LogP contribution in [0.15, 0.2) is 54.6 Å². The molecule has 0 aliphatic heterocycles. The summed E-state index contributed by atoms with van der Waals surface area (Å²) in [5, 5.41) is 2.92. The Bertz CT molecular complexity index is 1050. The van der Waals surface area contributed by atoms with Gasteiger partial charge in [0.1, 0.15) is 6.04 Å². The van der Waals surface area contributed by atoms with E-state index < -0.39 is 16.1 Å². The van der Waals surface area contributed by atoms with Crippen LogP contribution in [0, 0.1) is 0 Å². The molecule has 1 atom stereocenters. The summed E-state index contributed by atoms with van der Waals surface area (Å²) in [7, 11) is -3.51. The number of carbonyl (C=O) groups excluding carboxylic acids is 2. The average molecular weight is 502 g/mol. The summed E-state index contributed by atoms with van der Waals surface area (Å²) in [5.41, 5.74) is 2.64. The van der Waals surface area contributed by atoms with Crippen LogP contribution in [0.5, 0.6) is 0 Å². The van der Waals surface area contributed by atoms with Gasteiger partial charge in [-0.05, 0) is 56.4 Å². The maximum atomic E-state index is 13.4. The van der Waals surface area contributed by atoms with Gasteiger partial charge in [0.25, 0.3) is 0 Å². The Morgan fingerprint density at radius 2 is 1.57 bits per heavy atom. The van der Waals surface area contributed by atoms with Crippen LogP contribution in [-0.2, 0) is 32.6 Å². The molecule has 0 saturated carbocycles. The van der Waals surface area contributed by atoms with Gasteiger partial charge in [0.2, 0.25) is 21.8 Å². The first-order valence-electron chi connectivity index (χ1n) is 12.3. The van der Waals surface area contributed by atoms with Gasteiger partial charge >= 0.3 is 0 Å². The zero-order chi connectivity index (χ0) is 26.0. The van der Waals surface area contributed by atoms with Gasteiger partial charge in [0.15, 0.2) is 0 Å². The molecule has 0 saturated heterocycles. The monoisotopic (exact) mass is 501 g/mol. The predicted molar refractivity (Wildman–Crippen MR) is 142 cm³/mol. The number of carbonyl (C=O) groups is 2. The molecule has 0 aliphatic rings. The summed E-state index contributed by atoms with van der Waals surface area (Å²) in [6, 6.07) is 16.4. The summed E-state index contributed by atoms with van der Waals surface area (Å²) < 4.78 is 26.3. The molecule has 0 radical (unpaired) electrons. The number of aryl methyl sites for hydroxylation is 1. The van der Waals surface area contributed by atoms with Crippen LogP contribution in [0.4, 0.5) is 5.69 Å². The lowest BCUT2D eigenvalue weighted by Crippen LogP contribution is -2.50. The van der Waals surface area contributed by atoms with E-state index in [1.54, 1.807) is 17.0 Å². The number of hydrogen-bond acceptors (Lipinski definition) is 4. The van der Waals surface area contributed by atoms with Crippen LogP contribution in [0.3, 0.4) is 0 Å². The number of rotatable bonds is 13. The van der Waals surface area contributed by atoms with Crippen LogP contribution in [-0.4, -0.2) is 50.0 Å². The average Bonchev–Trinajstić information content (AvgIpc) is 2.81. The van der Waals surface area contributed by atoms with Crippen LogP contribution < -0.4 is 9.62 Å². The van der Waals surface area contributed by atoms with Crippen molar-refractivity contribution >= 4 is 27.5 Å². The highest BCUT2D eigenvalue weighted by molar-refractivity contribution is 7.92. The Labute approximate surface area is 210 Å². The summed E-state index contributed by atoms with van der Waals surface area (Å²) in [5.74, 6) is -0.352. The molecule has 0 aliphatic carbocycles. The van der Waals surface area contributed by atoms with Crippen molar-refractivity contribution in [2.75, 3.05) is 17.1 Å². The smallest absolute Gasteiger partial charge is 0.243 e. The SMILES string of the molecule is CCc1ccc(N(CCCC(=O)N(Cc2ccccc2)[C@@H](CC)C(=O)NC(C)C)S(C)(=O)=O)cc1. The zero-order valence-corrected chi connectivity index (χ0v) is 22.3. The largest absolute Gasteiger partial charge is 0.352 e. The first-order chi connectivity index (χ1) is 16.6. The Balaban J connectivity index is 2.18. The van der Waals surface area contributed by atoms with E-state index in [0.717, 1.165) is 17.5 Å². The number of benzene rings is 2. The van der Waals surface area contributed by atoms with Crippen molar-refractivity contribution < 1.29 is 18.0 Å². The lowest BCUT2D eigenvalue weighted by molar-refractivity contribution is -0.141. The minimum absolute atomic E-state index is 0.0346. The van der Waals surface area contributed by atoms with E-state index in [1.807, 2.05) is 70.2 Å². The van der Waals surface area contributed by atoms with E-state index in [2.05, 4.69) is 5.32 Å². The second kappa shape index (κ2) is 13.3. The molecule has 8 heteroatoms. The molecule has 192 valence electrons. The van der Waals surface area contributed by atoms with Gasteiger partial charge in [0, 0.05) is 25.6 Å². The Morgan fingerprint density at radius 1 is 0.943 bits per heavy atom. The fraction of sp³-hybridized carbons (Fsp3) is 0.481. The maximum absolute atomic E-state index is 13.4. The highest BCUT2D eigenvalue weighted by atomic mass is 32.2. The molecule has 0 unspecified atom stereocenters. The minimum atomic E-state index is -3.51. The fourth-order valence-electron chi connectivity index (χ4n) is 3.98. The summed E-state index contributed by atoms with van der Waals surface area (Å²) in [6.45, 7) is 8.21. The Morgan fingerprint density at radius 3 is 2.09 bits per heavy atom. The van der Waals surface area contributed by atoms with Crippen molar-refractivity contribution in [2.24, 2.45) is 0 Å². The van der Waals surface area contributed by atoms with Gasteiger partial charge in [-0.3, -0.25) is 13.9 Å². The van der Waals surface area contributed by atoms with E-state index >= 15 is 0 Å². The fourth-order valence-corrected chi connectivity index (χ4v) is 4.95. The highest BCUT2D eigenvalue weighted by Crippen LogP contribution is 2.20. The summed E-state index contributed by atoms with van der Waals surface area (Å²) >= 11 is 0. The quantitative estimate of drug-likeness (QED) is 0.447. The lowest BCUT2D eigenvalue weighted by atomic mass is 10.1. The van der Waals surface area contributed by atoms with Crippen LogP contribution in [0.25, 0.3) is 0 Å². The number of nitrogens with zero attached hydrogens (tertiary/aromatic N) is 2. The molecule has 7 nitrogen and oxygen atoms in total. The van der Waals surface area contributed by atoms with Gasteiger partial charge < -0.3 is 10.2 Å². The molecule has 2 rings (SSSR count). The van der Waals surface area contributed by atoms with Crippen molar-refractivity contribution in [2.45, 2.75) is 72.0 Å². The van der Waals surface area contributed by atoms with Crippen molar-refractivity contribution in [1.29, 1.82) is 0 Å². The van der Waals surface area contributed by atoms with Crippen molar-refractivity contribution in [3.05, 3.63) is 65.7 Å². The van der Waals surface area contributed by atoms with Gasteiger partial charge in [-0.25, -0.2) is 8.42 Å². The van der Waals surface area contributed by atoms with Crippen LogP contribution >= 0.6 is 0 Å². The second-order valence-electron chi connectivity index (χ2n) is 9.05. The van der Waals surface area contributed by atoms with Gasteiger partial charge in [-0.1, -0.05) is 56.3 Å². The molecular weight excluding hydrogens is 462 g/mol. The van der Waals surface area contributed by atoms with E-state index in [1.165, 1.54) is 10.6 Å². The predicted octanol–water partition coefficient (Wildman–Crippen LogP) is 4.13. The molecule has 35 heavy (non-hydrogen) atoms. The number of anilines is 1. The number of hydrogen-bond donors (Lipinski definition) is 1. The van der Waals surface area contributed by atoms with Gasteiger partial charge in [-0.2, -0.15) is 0 Å². The van der Waals surface area contributed by atoms with Crippen molar-refractivity contribution in [3.8, 4) is 0 Å². The highest BCUT2D eigenvalue weighted by Gasteiger charge is 2.29. The maximum Gasteiger partial charge on any atom is 0.243 e. The lowest BCUT2D eigenvalue weighted by Gasteiger charge is -2.31. The third-order valence-electron chi connectivity index (χ3n) is 5.80. The molecule has 1 N–H and O–H groups in total. The van der Waals surface area contributed by atoms with Gasteiger partial charge in [-0.15, -0.1) is 0 Å². The van der Waals surface area contributed by atoms with E-state index in [-0.39, 0.29) is 30.8 Å². The first-order valence-corrected chi connectivity index (χ1v) is 14.1. The van der Waals surface area contributed by atoms with Gasteiger partial charge in [0.05, 0.1) is 11.9 Å². The third kappa shape index (κ3) is 8.69. The van der Waals surface area contributed by atoms with Crippen LogP contribution in [0.2, 0.25) is 0 Å². The standard InChI is InChI=1S/C27H39N3O4S/c1-6-22-15-17-24(18-16-22)30(35(5,33)34)19-11-14-26(31)29(20-23-12-9-8-10-13-23)25(7-2)27(32)28-21(3)4/h8-10,12-13,15-18,21,25H,6-7,11,14,19-20H2,1-5H3,(H,28,32)/t25-/m0/s1. The molecular formula is C27H39N3O4S. The topological polar surface area (TPSA) is 86.8 Å².